The molecule has 3 unspecified atom stereocenters. The molecule has 0 aliphatic heterocycles. The lowest BCUT2D eigenvalue weighted by molar-refractivity contribution is 0.395. The van der Waals surface area contributed by atoms with Crippen LogP contribution in [0.4, 0.5) is 0 Å². The highest BCUT2D eigenvalue weighted by atomic mass is 14.7. The van der Waals surface area contributed by atoms with Crippen molar-refractivity contribution in [1.82, 2.24) is 4.98 Å². The molecule has 0 spiro atoms. The first-order valence-electron chi connectivity index (χ1n) is 5.32. The van der Waals surface area contributed by atoms with Crippen LogP contribution in [-0.2, 0) is 0 Å². The van der Waals surface area contributed by atoms with Crippen molar-refractivity contribution in [2.24, 2.45) is 11.7 Å². The van der Waals surface area contributed by atoms with E-state index in [0.29, 0.717) is 11.8 Å². The summed E-state index contributed by atoms with van der Waals surface area (Å²) in [5, 5.41) is 0. The quantitative estimate of drug-likeness (QED) is 0.796. The topological polar surface area (TPSA) is 38.9 Å². The van der Waals surface area contributed by atoms with Crippen LogP contribution in [0.5, 0.6) is 0 Å². The standard InChI is InChI=1S/C12H20N2/c1-4-9(2)12(13)10(3)11-5-7-14-8-6-11/h5-10,12H,4,13H2,1-3H3. The van der Waals surface area contributed by atoms with Crippen LogP contribution < -0.4 is 5.73 Å². The van der Waals surface area contributed by atoms with Crippen LogP contribution in [0, 0.1) is 5.92 Å². The molecule has 78 valence electrons. The zero-order valence-corrected chi connectivity index (χ0v) is 9.27. The molecule has 0 fully saturated rings. The lowest BCUT2D eigenvalue weighted by Gasteiger charge is -2.25. The molecule has 1 aromatic rings. The van der Waals surface area contributed by atoms with Crippen LogP contribution in [0.3, 0.4) is 0 Å². The number of hydrogen-bond donors (Lipinski definition) is 1. The fourth-order valence-electron chi connectivity index (χ4n) is 1.65. The Bertz CT molecular complexity index is 258. The Morgan fingerprint density at radius 2 is 1.86 bits per heavy atom. The molecule has 0 amide bonds. The smallest absolute Gasteiger partial charge is 0.0270 e. The predicted molar refractivity (Wildman–Crippen MR) is 60.1 cm³/mol. The van der Waals surface area contributed by atoms with Gasteiger partial charge in [0.1, 0.15) is 0 Å². The summed E-state index contributed by atoms with van der Waals surface area (Å²) in [5.74, 6) is 0.978. The Kier molecular flexibility index (Phi) is 4.08. The van der Waals surface area contributed by atoms with Gasteiger partial charge in [0.25, 0.3) is 0 Å². The van der Waals surface area contributed by atoms with E-state index in [1.165, 1.54) is 5.56 Å². The second kappa shape index (κ2) is 5.11. The van der Waals surface area contributed by atoms with Gasteiger partial charge in [-0.25, -0.2) is 0 Å². The van der Waals surface area contributed by atoms with E-state index in [0.717, 1.165) is 6.42 Å². The average molecular weight is 192 g/mol. The minimum atomic E-state index is 0.238. The van der Waals surface area contributed by atoms with Crippen LogP contribution in [0.2, 0.25) is 0 Å². The monoisotopic (exact) mass is 192 g/mol. The molecule has 0 saturated heterocycles. The van der Waals surface area contributed by atoms with E-state index < -0.39 is 0 Å². The summed E-state index contributed by atoms with van der Waals surface area (Å²) in [6.45, 7) is 6.58. The molecule has 1 aromatic heterocycles. The third-order valence-corrected chi connectivity index (χ3v) is 3.11. The summed E-state index contributed by atoms with van der Waals surface area (Å²) in [6, 6.07) is 4.34. The van der Waals surface area contributed by atoms with Gasteiger partial charge in [-0.15, -0.1) is 0 Å². The molecule has 1 rings (SSSR count). The number of rotatable bonds is 4. The molecule has 2 nitrogen and oxygen atoms in total. The zero-order valence-electron chi connectivity index (χ0n) is 9.27. The highest BCUT2D eigenvalue weighted by Crippen LogP contribution is 2.23. The average Bonchev–Trinajstić information content (AvgIpc) is 2.27. The maximum Gasteiger partial charge on any atom is 0.0270 e. The third kappa shape index (κ3) is 2.55. The van der Waals surface area contributed by atoms with Gasteiger partial charge in [0.15, 0.2) is 0 Å². The maximum atomic E-state index is 6.18. The minimum Gasteiger partial charge on any atom is -0.327 e. The maximum absolute atomic E-state index is 6.18. The molecule has 0 bridgehead atoms. The molecule has 1 heterocycles. The molecule has 0 saturated carbocycles. The number of aromatic nitrogens is 1. The molecular formula is C12H20N2. The molecule has 0 aromatic carbocycles. The zero-order chi connectivity index (χ0) is 10.6. The molecule has 2 heteroatoms. The molecule has 0 aliphatic carbocycles. The van der Waals surface area contributed by atoms with Gasteiger partial charge in [0.05, 0.1) is 0 Å². The van der Waals surface area contributed by atoms with Crippen LogP contribution in [0.25, 0.3) is 0 Å². The van der Waals surface area contributed by atoms with Gasteiger partial charge in [0.2, 0.25) is 0 Å². The van der Waals surface area contributed by atoms with Crippen molar-refractivity contribution < 1.29 is 0 Å². The van der Waals surface area contributed by atoms with Crippen LogP contribution in [0.15, 0.2) is 24.5 Å². The Labute approximate surface area is 86.5 Å². The number of nitrogens with zero attached hydrogens (tertiary/aromatic N) is 1. The van der Waals surface area contributed by atoms with E-state index in [1.807, 2.05) is 24.5 Å². The van der Waals surface area contributed by atoms with E-state index in [2.05, 4.69) is 25.8 Å². The summed E-state index contributed by atoms with van der Waals surface area (Å²) < 4.78 is 0. The first-order chi connectivity index (χ1) is 6.66. The van der Waals surface area contributed by atoms with E-state index >= 15 is 0 Å². The molecule has 3 atom stereocenters. The Morgan fingerprint density at radius 1 is 1.29 bits per heavy atom. The van der Waals surface area contributed by atoms with Gasteiger partial charge in [-0.2, -0.15) is 0 Å². The Morgan fingerprint density at radius 3 is 2.36 bits per heavy atom. The SMILES string of the molecule is CCC(C)C(N)C(C)c1ccncc1. The van der Waals surface area contributed by atoms with Gasteiger partial charge >= 0.3 is 0 Å². The number of hydrogen-bond acceptors (Lipinski definition) is 2. The Balaban J connectivity index is 2.70. The van der Waals surface area contributed by atoms with Gasteiger partial charge in [-0.05, 0) is 29.5 Å². The predicted octanol–water partition coefficient (Wildman–Crippen LogP) is 2.56. The molecular weight excluding hydrogens is 172 g/mol. The molecule has 0 radical (unpaired) electrons. The lowest BCUT2D eigenvalue weighted by Crippen LogP contribution is -2.33. The fraction of sp³-hybridized carbons (Fsp3) is 0.583. The summed E-state index contributed by atoms with van der Waals surface area (Å²) in [6.07, 6.45) is 4.79. The van der Waals surface area contributed by atoms with E-state index in [1.54, 1.807) is 0 Å². The van der Waals surface area contributed by atoms with Crippen molar-refractivity contribution in [3.8, 4) is 0 Å². The second-order valence-corrected chi connectivity index (χ2v) is 4.03. The lowest BCUT2D eigenvalue weighted by atomic mass is 9.85. The van der Waals surface area contributed by atoms with Crippen LogP contribution in [-0.4, -0.2) is 11.0 Å². The van der Waals surface area contributed by atoms with E-state index in [-0.39, 0.29) is 6.04 Å². The van der Waals surface area contributed by atoms with Crippen molar-refractivity contribution in [1.29, 1.82) is 0 Å². The summed E-state index contributed by atoms with van der Waals surface area (Å²) in [5.41, 5.74) is 7.47. The molecule has 14 heavy (non-hydrogen) atoms. The molecule has 2 N–H and O–H groups in total. The first-order valence-corrected chi connectivity index (χ1v) is 5.32. The second-order valence-electron chi connectivity index (χ2n) is 4.03. The minimum absolute atomic E-state index is 0.238. The number of pyridine rings is 1. The third-order valence-electron chi connectivity index (χ3n) is 3.11. The van der Waals surface area contributed by atoms with Gasteiger partial charge in [-0.3, -0.25) is 4.98 Å². The summed E-state index contributed by atoms with van der Waals surface area (Å²) in [4.78, 5) is 4.01. The summed E-state index contributed by atoms with van der Waals surface area (Å²) in [7, 11) is 0. The summed E-state index contributed by atoms with van der Waals surface area (Å²) >= 11 is 0. The van der Waals surface area contributed by atoms with E-state index in [4.69, 9.17) is 5.73 Å². The van der Waals surface area contributed by atoms with Crippen molar-refractivity contribution in [2.75, 3.05) is 0 Å². The van der Waals surface area contributed by atoms with Crippen molar-refractivity contribution in [2.45, 2.75) is 39.2 Å². The normalized spacial score (nSPS) is 17.4. The van der Waals surface area contributed by atoms with Crippen molar-refractivity contribution in [3.63, 3.8) is 0 Å². The Hall–Kier alpha value is -0.890. The van der Waals surface area contributed by atoms with Crippen molar-refractivity contribution >= 4 is 0 Å². The number of nitrogens with two attached hydrogens (primary N) is 1. The van der Waals surface area contributed by atoms with Gasteiger partial charge in [-0.1, -0.05) is 27.2 Å². The highest BCUT2D eigenvalue weighted by Gasteiger charge is 2.19. The first kappa shape index (κ1) is 11.2. The van der Waals surface area contributed by atoms with Crippen molar-refractivity contribution in [3.05, 3.63) is 30.1 Å². The highest BCUT2D eigenvalue weighted by molar-refractivity contribution is 5.17. The fourth-order valence-corrected chi connectivity index (χ4v) is 1.65. The van der Waals surface area contributed by atoms with Gasteiger partial charge in [0, 0.05) is 18.4 Å². The van der Waals surface area contributed by atoms with Crippen LogP contribution in [0.1, 0.15) is 38.7 Å². The largest absolute Gasteiger partial charge is 0.327 e. The molecule has 0 aliphatic rings. The van der Waals surface area contributed by atoms with Crippen LogP contribution >= 0.6 is 0 Å². The van der Waals surface area contributed by atoms with E-state index in [9.17, 15) is 0 Å². The van der Waals surface area contributed by atoms with Gasteiger partial charge < -0.3 is 5.73 Å².